The van der Waals surface area contributed by atoms with Crippen molar-refractivity contribution in [3.05, 3.63) is 52.1 Å². The highest BCUT2D eigenvalue weighted by atomic mass is 32.2. The second kappa shape index (κ2) is 7.07. The minimum Gasteiger partial charge on any atom is -0.347 e. The Kier molecular flexibility index (Phi) is 5.28. The number of sulfonamides is 1. The molecule has 0 atom stereocenters. The first-order valence-electron chi connectivity index (χ1n) is 7.03. The number of nitro benzene ring substituents is 1. The van der Waals surface area contributed by atoms with E-state index < -0.39 is 31.3 Å². The highest BCUT2D eigenvalue weighted by molar-refractivity contribution is 7.89. The van der Waals surface area contributed by atoms with Crippen LogP contribution in [0.1, 0.15) is 5.69 Å². The third kappa shape index (κ3) is 3.88. The Bertz CT molecular complexity index is 904. The molecule has 0 aliphatic rings. The van der Waals surface area contributed by atoms with E-state index in [9.17, 15) is 22.9 Å². The van der Waals surface area contributed by atoms with Crippen LogP contribution in [0.5, 0.6) is 0 Å². The van der Waals surface area contributed by atoms with Gasteiger partial charge in [-0.25, -0.2) is 18.4 Å². The number of hydrogen-bond acceptors (Lipinski definition) is 7. The lowest BCUT2D eigenvalue weighted by Crippen LogP contribution is -2.28. The van der Waals surface area contributed by atoms with Gasteiger partial charge >= 0.3 is 5.69 Å². The van der Waals surface area contributed by atoms with Gasteiger partial charge in [0.25, 0.3) is 0 Å². The molecule has 0 saturated heterocycles. The first kappa shape index (κ1) is 18.7. The van der Waals surface area contributed by atoms with E-state index >= 15 is 0 Å². The van der Waals surface area contributed by atoms with E-state index in [1.165, 1.54) is 19.3 Å². The summed E-state index contributed by atoms with van der Waals surface area (Å²) in [6.45, 7) is -0.153. The van der Waals surface area contributed by atoms with Crippen LogP contribution in [0.15, 0.2) is 35.4 Å². The molecule has 0 spiro atoms. The highest BCUT2D eigenvalue weighted by Gasteiger charge is 2.32. The Balaban J connectivity index is 2.39. The van der Waals surface area contributed by atoms with Crippen molar-refractivity contribution >= 4 is 21.7 Å². The maximum Gasteiger partial charge on any atom is 0.324 e. The standard InChI is InChI=1S/C14H16FN5O4S/c1-18(2)14-16-8-7-10(17-14)9-19(3)25(23,24)12-6-4-5-11(15)13(12)20(21)22/h4-8H,9H2,1-3H3. The van der Waals surface area contributed by atoms with Gasteiger partial charge in [-0.05, 0) is 18.2 Å². The summed E-state index contributed by atoms with van der Waals surface area (Å²) >= 11 is 0. The topological polar surface area (TPSA) is 110 Å². The average molecular weight is 369 g/mol. The van der Waals surface area contributed by atoms with Crippen molar-refractivity contribution in [2.75, 3.05) is 26.0 Å². The maximum atomic E-state index is 13.7. The molecule has 0 bridgehead atoms. The molecule has 0 amide bonds. The van der Waals surface area contributed by atoms with E-state index in [4.69, 9.17) is 0 Å². The van der Waals surface area contributed by atoms with Crippen molar-refractivity contribution < 1.29 is 17.7 Å². The maximum absolute atomic E-state index is 13.7. The second-order valence-electron chi connectivity index (χ2n) is 5.35. The zero-order valence-electron chi connectivity index (χ0n) is 13.7. The molecule has 0 radical (unpaired) electrons. The zero-order valence-corrected chi connectivity index (χ0v) is 14.6. The Morgan fingerprint density at radius 3 is 2.52 bits per heavy atom. The normalized spacial score (nSPS) is 11.6. The molecule has 2 aromatic rings. The molecule has 0 fully saturated rings. The van der Waals surface area contributed by atoms with Gasteiger partial charge in [-0.15, -0.1) is 0 Å². The third-order valence-electron chi connectivity index (χ3n) is 3.31. The molecular weight excluding hydrogens is 353 g/mol. The van der Waals surface area contributed by atoms with E-state index in [1.807, 2.05) is 0 Å². The van der Waals surface area contributed by atoms with Crippen LogP contribution in [-0.2, 0) is 16.6 Å². The molecule has 1 aromatic heterocycles. The fraction of sp³-hybridized carbons (Fsp3) is 0.286. The van der Waals surface area contributed by atoms with E-state index in [1.54, 1.807) is 19.0 Å². The predicted molar refractivity (Wildman–Crippen MR) is 88.1 cm³/mol. The van der Waals surface area contributed by atoms with Gasteiger partial charge < -0.3 is 4.90 Å². The average Bonchev–Trinajstić information content (AvgIpc) is 2.54. The summed E-state index contributed by atoms with van der Waals surface area (Å²) in [5, 5.41) is 11.0. The fourth-order valence-corrected chi connectivity index (χ4v) is 3.35. The Morgan fingerprint density at radius 1 is 1.24 bits per heavy atom. The second-order valence-corrected chi connectivity index (χ2v) is 7.36. The first-order chi connectivity index (χ1) is 11.6. The summed E-state index contributed by atoms with van der Waals surface area (Å²) in [6.07, 6.45) is 1.47. The quantitative estimate of drug-likeness (QED) is 0.559. The fourth-order valence-electron chi connectivity index (χ4n) is 2.05. The van der Waals surface area contributed by atoms with E-state index in [2.05, 4.69) is 9.97 Å². The summed E-state index contributed by atoms with van der Waals surface area (Å²) < 4.78 is 39.9. The van der Waals surface area contributed by atoms with E-state index in [0.29, 0.717) is 11.6 Å². The number of anilines is 1. The summed E-state index contributed by atoms with van der Waals surface area (Å²) in [4.78, 5) is 19.2. The summed E-state index contributed by atoms with van der Waals surface area (Å²) in [5.74, 6) is -0.823. The van der Waals surface area contributed by atoms with Gasteiger partial charge in [0.1, 0.15) is 0 Å². The van der Waals surface area contributed by atoms with E-state index in [-0.39, 0.29) is 6.54 Å². The van der Waals surface area contributed by atoms with Crippen LogP contribution in [0.4, 0.5) is 16.0 Å². The van der Waals surface area contributed by atoms with Gasteiger partial charge in [-0.2, -0.15) is 8.70 Å². The molecule has 0 unspecified atom stereocenters. The summed E-state index contributed by atoms with van der Waals surface area (Å²) in [5.41, 5.74) is -0.685. The minimum absolute atomic E-state index is 0.153. The monoisotopic (exact) mass is 369 g/mol. The molecular formula is C14H16FN5O4S. The van der Waals surface area contributed by atoms with Gasteiger partial charge in [0, 0.05) is 27.3 Å². The third-order valence-corrected chi connectivity index (χ3v) is 5.14. The van der Waals surface area contributed by atoms with Crippen molar-refractivity contribution in [1.29, 1.82) is 0 Å². The van der Waals surface area contributed by atoms with Crippen LogP contribution in [-0.4, -0.2) is 48.8 Å². The predicted octanol–water partition coefficient (Wildman–Crippen LogP) is 1.41. The van der Waals surface area contributed by atoms with E-state index in [0.717, 1.165) is 22.5 Å². The molecule has 1 aromatic carbocycles. The van der Waals surface area contributed by atoms with Crippen molar-refractivity contribution in [2.24, 2.45) is 0 Å². The molecule has 25 heavy (non-hydrogen) atoms. The SMILES string of the molecule is CN(C)c1nccc(CN(C)S(=O)(=O)c2cccc(F)c2[N+](=O)[O-])n1. The first-order valence-corrected chi connectivity index (χ1v) is 8.47. The van der Waals surface area contributed by atoms with Crippen molar-refractivity contribution in [3.8, 4) is 0 Å². The highest BCUT2D eigenvalue weighted by Crippen LogP contribution is 2.29. The van der Waals surface area contributed by atoms with Crippen LogP contribution >= 0.6 is 0 Å². The minimum atomic E-state index is -4.29. The van der Waals surface area contributed by atoms with Gasteiger partial charge in [0.2, 0.25) is 21.8 Å². The molecule has 9 nitrogen and oxygen atoms in total. The molecule has 2 rings (SSSR count). The summed E-state index contributed by atoms with van der Waals surface area (Å²) in [7, 11) is 0.410. The van der Waals surface area contributed by atoms with Gasteiger partial charge in [-0.1, -0.05) is 6.07 Å². The molecule has 0 saturated carbocycles. The Morgan fingerprint density at radius 2 is 1.92 bits per heavy atom. The lowest BCUT2D eigenvalue weighted by atomic mass is 10.3. The van der Waals surface area contributed by atoms with Crippen molar-refractivity contribution in [1.82, 2.24) is 14.3 Å². The number of hydrogen-bond donors (Lipinski definition) is 0. The molecule has 0 aliphatic carbocycles. The van der Waals surface area contributed by atoms with Crippen LogP contribution in [0.25, 0.3) is 0 Å². The van der Waals surface area contributed by atoms with Crippen LogP contribution in [0, 0.1) is 15.9 Å². The van der Waals surface area contributed by atoms with Gasteiger partial charge in [0.15, 0.2) is 4.90 Å². The zero-order chi connectivity index (χ0) is 18.8. The van der Waals surface area contributed by atoms with Gasteiger partial charge in [-0.3, -0.25) is 10.1 Å². The smallest absolute Gasteiger partial charge is 0.324 e. The number of benzene rings is 1. The largest absolute Gasteiger partial charge is 0.347 e. The lowest BCUT2D eigenvalue weighted by Gasteiger charge is -2.18. The number of nitro groups is 1. The Hall–Kier alpha value is -2.66. The lowest BCUT2D eigenvalue weighted by molar-refractivity contribution is -0.390. The van der Waals surface area contributed by atoms with Crippen LogP contribution in [0.3, 0.4) is 0 Å². The summed E-state index contributed by atoms with van der Waals surface area (Å²) in [6, 6.07) is 4.47. The molecule has 0 aliphatic heterocycles. The number of para-hydroxylation sites is 1. The molecule has 0 N–H and O–H groups in total. The van der Waals surface area contributed by atoms with Crippen molar-refractivity contribution in [2.45, 2.75) is 11.4 Å². The van der Waals surface area contributed by atoms with Gasteiger partial charge in [0.05, 0.1) is 17.2 Å². The number of halogens is 1. The number of aromatic nitrogens is 2. The number of rotatable bonds is 6. The number of nitrogens with zero attached hydrogens (tertiary/aromatic N) is 5. The van der Waals surface area contributed by atoms with Crippen molar-refractivity contribution in [3.63, 3.8) is 0 Å². The molecule has 11 heteroatoms. The molecule has 1 heterocycles. The molecule has 134 valence electrons. The Labute approximate surface area is 143 Å². The van der Waals surface area contributed by atoms with Crippen LogP contribution in [0.2, 0.25) is 0 Å². The van der Waals surface area contributed by atoms with Crippen LogP contribution < -0.4 is 4.90 Å².